The first-order chi connectivity index (χ1) is 14.2. The molecule has 30 heavy (non-hydrogen) atoms. The van der Waals surface area contributed by atoms with Crippen molar-refractivity contribution < 1.29 is 19.0 Å². The van der Waals surface area contributed by atoms with Gasteiger partial charge in [-0.1, -0.05) is 19.4 Å². The van der Waals surface area contributed by atoms with E-state index in [4.69, 9.17) is 14.2 Å². The molecule has 7 heteroatoms. The van der Waals surface area contributed by atoms with Crippen LogP contribution in [0.25, 0.3) is 10.9 Å². The second kappa shape index (κ2) is 8.86. The highest BCUT2D eigenvalue weighted by atomic mass is 16.7. The third kappa shape index (κ3) is 5.38. The minimum absolute atomic E-state index is 0.0547. The van der Waals surface area contributed by atoms with Gasteiger partial charge in [0, 0.05) is 6.42 Å². The van der Waals surface area contributed by atoms with Gasteiger partial charge in [0.25, 0.3) is 0 Å². The molecule has 0 saturated heterocycles. The first kappa shape index (κ1) is 21.8. The molecule has 1 aliphatic rings. The predicted molar refractivity (Wildman–Crippen MR) is 112 cm³/mol. The average Bonchev–Trinajstić information content (AvgIpc) is 2.66. The number of nitrogens with zero attached hydrogens (tertiary/aromatic N) is 3. The summed E-state index contributed by atoms with van der Waals surface area (Å²) in [5.74, 6) is 1.15. The summed E-state index contributed by atoms with van der Waals surface area (Å²) < 4.78 is 16.0. The maximum atomic E-state index is 11.7. The molecule has 1 heterocycles. The van der Waals surface area contributed by atoms with Crippen molar-refractivity contribution in [2.45, 2.75) is 65.4 Å². The SMILES string of the molecule is CCc1nc(OCCOC(=O)OC(C)(C)C)c2cc(CC3(C#N)CCC3)ccc2n1. The zero-order chi connectivity index (χ0) is 21.8. The fourth-order valence-electron chi connectivity index (χ4n) is 3.44. The van der Waals surface area contributed by atoms with Crippen LogP contribution in [0.4, 0.5) is 4.79 Å². The van der Waals surface area contributed by atoms with E-state index in [9.17, 15) is 10.1 Å². The molecule has 1 aromatic carbocycles. The van der Waals surface area contributed by atoms with Crippen molar-refractivity contribution in [1.29, 1.82) is 5.26 Å². The molecule has 0 spiro atoms. The Labute approximate surface area is 177 Å². The van der Waals surface area contributed by atoms with E-state index in [0.717, 1.165) is 42.1 Å². The molecule has 0 bridgehead atoms. The topological polar surface area (TPSA) is 94.3 Å². The first-order valence-corrected chi connectivity index (χ1v) is 10.4. The second-order valence-corrected chi connectivity index (χ2v) is 8.73. The van der Waals surface area contributed by atoms with Crippen LogP contribution in [0.5, 0.6) is 5.88 Å². The van der Waals surface area contributed by atoms with Gasteiger partial charge in [0.2, 0.25) is 5.88 Å². The van der Waals surface area contributed by atoms with E-state index in [-0.39, 0.29) is 18.6 Å². The number of hydrogen-bond acceptors (Lipinski definition) is 7. The Morgan fingerprint density at radius 1 is 1.23 bits per heavy atom. The third-order valence-corrected chi connectivity index (χ3v) is 5.11. The Morgan fingerprint density at radius 3 is 2.60 bits per heavy atom. The average molecular weight is 412 g/mol. The summed E-state index contributed by atoms with van der Waals surface area (Å²) in [6.07, 6.45) is 3.67. The van der Waals surface area contributed by atoms with Gasteiger partial charge in [-0.2, -0.15) is 10.2 Å². The molecule has 0 N–H and O–H groups in total. The minimum atomic E-state index is -0.725. The van der Waals surface area contributed by atoms with E-state index < -0.39 is 11.8 Å². The van der Waals surface area contributed by atoms with E-state index in [1.54, 1.807) is 20.8 Å². The van der Waals surface area contributed by atoms with Crippen LogP contribution in [0.15, 0.2) is 18.2 Å². The van der Waals surface area contributed by atoms with Crippen LogP contribution < -0.4 is 4.74 Å². The van der Waals surface area contributed by atoms with Gasteiger partial charge in [-0.3, -0.25) is 0 Å². The summed E-state index contributed by atoms with van der Waals surface area (Å²) in [6.45, 7) is 7.53. The Morgan fingerprint density at radius 2 is 2.00 bits per heavy atom. The fraction of sp³-hybridized carbons (Fsp3) is 0.565. The van der Waals surface area contributed by atoms with E-state index in [1.165, 1.54) is 0 Å². The number of benzene rings is 1. The van der Waals surface area contributed by atoms with Crippen LogP contribution in [-0.2, 0) is 22.3 Å². The molecule has 1 fully saturated rings. The summed E-state index contributed by atoms with van der Waals surface area (Å²) in [4.78, 5) is 20.8. The van der Waals surface area contributed by atoms with Gasteiger partial charge in [0.15, 0.2) is 0 Å². The molecule has 160 valence electrons. The first-order valence-electron chi connectivity index (χ1n) is 10.4. The standard InChI is InChI=1S/C23H29N3O4/c1-5-19-25-18-8-7-16(14-23(15-24)9-6-10-23)13-17(18)20(26-19)28-11-12-29-21(27)30-22(2,3)4/h7-8,13H,5-6,9-12,14H2,1-4H3. The molecular weight excluding hydrogens is 382 g/mol. The lowest BCUT2D eigenvalue weighted by atomic mass is 9.66. The van der Waals surface area contributed by atoms with E-state index in [1.807, 2.05) is 25.1 Å². The number of ether oxygens (including phenoxy) is 3. The number of hydrogen-bond donors (Lipinski definition) is 0. The van der Waals surface area contributed by atoms with Crippen LogP contribution >= 0.6 is 0 Å². The highest BCUT2D eigenvalue weighted by molar-refractivity contribution is 5.84. The zero-order valence-electron chi connectivity index (χ0n) is 18.2. The zero-order valence-corrected chi connectivity index (χ0v) is 18.2. The van der Waals surface area contributed by atoms with Gasteiger partial charge in [-0.15, -0.1) is 0 Å². The summed E-state index contributed by atoms with van der Waals surface area (Å²) in [5, 5.41) is 10.3. The van der Waals surface area contributed by atoms with Crippen LogP contribution in [0.1, 0.15) is 58.3 Å². The van der Waals surface area contributed by atoms with E-state index in [0.29, 0.717) is 18.1 Å². The molecule has 0 amide bonds. The monoisotopic (exact) mass is 411 g/mol. The van der Waals surface area contributed by atoms with Gasteiger partial charge in [-0.25, -0.2) is 9.78 Å². The normalized spacial score (nSPS) is 15.2. The van der Waals surface area contributed by atoms with E-state index in [2.05, 4.69) is 16.0 Å². The maximum absolute atomic E-state index is 11.7. The predicted octanol–water partition coefficient (Wildman–Crippen LogP) is 4.76. The molecule has 2 aromatic rings. The maximum Gasteiger partial charge on any atom is 0.508 e. The van der Waals surface area contributed by atoms with Crippen molar-refractivity contribution in [2.75, 3.05) is 13.2 Å². The smallest absolute Gasteiger partial charge is 0.474 e. The van der Waals surface area contributed by atoms with Crippen molar-refractivity contribution in [3.63, 3.8) is 0 Å². The van der Waals surface area contributed by atoms with Crippen molar-refractivity contribution >= 4 is 17.1 Å². The molecule has 1 aromatic heterocycles. The van der Waals surface area contributed by atoms with Gasteiger partial charge < -0.3 is 14.2 Å². The van der Waals surface area contributed by atoms with Crippen molar-refractivity contribution in [1.82, 2.24) is 9.97 Å². The fourth-order valence-corrected chi connectivity index (χ4v) is 3.44. The summed E-state index contributed by atoms with van der Waals surface area (Å²) >= 11 is 0. The molecule has 0 atom stereocenters. The number of aryl methyl sites for hydroxylation is 1. The van der Waals surface area contributed by atoms with Gasteiger partial charge in [0.05, 0.1) is 22.4 Å². The van der Waals surface area contributed by atoms with Crippen molar-refractivity contribution in [3.05, 3.63) is 29.6 Å². The van der Waals surface area contributed by atoms with Crippen LogP contribution in [-0.4, -0.2) is 34.9 Å². The molecule has 1 aliphatic carbocycles. The Bertz CT molecular complexity index is 955. The lowest BCUT2D eigenvalue weighted by Gasteiger charge is -2.35. The number of carbonyl (C=O) groups is 1. The second-order valence-electron chi connectivity index (χ2n) is 8.73. The number of aromatic nitrogens is 2. The highest BCUT2D eigenvalue weighted by Gasteiger charge is 2.37. The lowest BCUT2D eigenvalue weighted by molar-refractivity contribution is -0.0115. The lowest BCUT2D eigenvalue weighted by Crippen LogP contribution is -2.29. The molecule has 0 unspecified atom stereocenters. The molecule has 0 radical (unpaired) electrons. The van der Waals surface area contributed by atoms with Gasteiger partial charge in [0.1, 0.15) is 24.6 Å². The van der Waals surface area contributed by atoms with Crippen molar-refractivity contribution in [2.24, 2.45) is 5.41 Å². The number of carbonyl (C=O) groups excluding carboxylic acids is 1. The molecular formula is C23H29N3O4. The third-order valence-electron chi connectivity index (χ3n) is 5.11. The number of fused-ring (bicyclic) bond motifs is 1. The largest absolute Gasteiger partial charge is 0.508 e. The summed E-state index contributed by atoms with van der Waals surface area (Å²) in [5.41, 5.74) is 1.02. The number of nitriles is 1. The Kier molecular flexibility index (Phi) is 6.45. The quantitative estimate of drug-likeness (QED) is 0.479. The highest BCUT2D eigenvalue weighted by Crippen LogP contribution is 2.43. The van der Waals surface area contributed by atoms with Gasteiger partial charge in [-0.05, 0) is 57.7 Å². The number of rotatable bonds is 7. The summed E-state index contributed by atoms with van der Waals surface area (Å²) in [6, 6.07) is 8.49. The minimum Gasteiger partial charge on any atom is -0.474 e. The molecule has 7 nitrogen and oxygen atoms in total. The van der Waals surface area contributed by atoms with Crippen LogP contribution in [0.3, 0.4) is 0 Å². The Balaban J connectivity index is 1.72. The van der Waals surface area contributed by atoms with Crippen molar-refractivity contribution in [3.8, 4) is 11.9 Å². The van der Waals surface area contributed by atoms with Crippen LogP contribution in [0, 0.1) is 16.7 Å². The molecule has 1 saturated carbocycles. The molecule has 3 rings (SSSR count). The van der Waals surface area contributed by atoms with Gasteiger partial charge >= 0.3 is 6.16 Å². The van der Waals surface area contributed by atoms with Crippen LogP contribution in [0.2, 0.25) is 0 Å². The summed E-state index contributed by atoms with van der Waals surface area (Å²) in [7, 11) is 0. The Hall–Kier alpha value is -2.88. The van der Waals surface area contributed by atoms with E-state index >= 15 is 0 Å². The molecule has 0 aliphatic heterocycles.